The summed E-state index contributed by atoms with van der Waals surface area (Å²) in [4.78, 5) is 3.80. The Balaban J connectivity index is 2.74. The summed E-state index contributed by atoms with van der Waals surface area (Å²) in [5, 5.41) is 8.68. The highest BCUT2D eigenvalue weighted by atomic mass is 32.2. The minimum Gasteiger partial charge on any atom is -0.366 e. The van der Waals surface area contributed by atoms with Crippen LogP contribution in [0.3, 0.4) is 0 Å². The van der Waals surface area contributed by atoms with Crippen molar-refractivity contribution >= 4 is 21.6 Å². The van der Waals surface area contributed by atoms with Crippen LogP contribution in [0, 0.1) is 0 Å². The van der Waals surface area contributed by atoms with E-state index in [0.29, 0.717) is 5.65 Å². The van der Waals surface area contributed by atoms with E-state index in [-0.39, 0.29) is 10.8 Å². The number of fused-ring (bicyclic) bond motifs is 1. The van der Waals surface area contributed by atoms with E-state index in [1.165, 1.54) is 22.8 Å². The number of nitrogens with zero attached hydrogens (tertiary/aromatic N) is 3. The van der Waals surface area contributed by atoms with E-state index >= 15 is 0 Å². The van der Waals surface area contributed by atoms with Crippen LogP contribution in [0.25, 0.3) is 5.65 Å². The number of nitrogen functional groups attached to an aromatic ring is 1. The summed E-state index contributed by atoms with van der Waals surface area (Å²) in [5.41, 5.74) is 5.79. The lowest BCUT2D eigenvalue weighted by molar-refractivity contribution is 0.597. The smallest absolute Gasteiger partial charge is 0.240 e. The summed E-state index contributed by atoms with van der Waals surface area (Å²) in [6, 6.07) is 2.82. The molecule has 0 aliphatic heterocycles. The Hall–Kier alpha value is -1.67. The van der Waals surface area contributed by atoms with Crippen molar-refractivity contribution in [2.24, 2.45) is 5.14 Å². The number of hydrogen-bond acceptors (Lipinski definition) is 5. The maximum absolute atomic E-state index is 11.0. The number of aromatic nitrogens is 3. The predicted octanol–water partition coefficient (Wildman–Crippen LogP) is -1.04. The molecule has 74 valence electrons. The maximum atomic E-state index is 11.0. The van der Waals surface area contributed by atoms with Crippen LogP contribution < -0.4 is 10.9 Å². The van der Waals surface area contributed by atoms with Crippen molar-refractivity contribution in [2.45, 2.75) is 4.90 Å². The van der Waals surface area contributed by atoms with E-state index in [1.54, 1.807) is 0 Å². The van der Waals surface area contributed by atoms with Gasteiger partial charge in [-0.1, -0.05) is 0 Å². The van der Waals surface area contributed by atoms with Gasteiger partial charge in [-0.25, -0.2) is 18.1 Å². The first-order chi connectivity index (χ1) is 6.47. The second kappa shape index (κ2) is 2.66. The molecule has 0 aromatic carbocycles. The van der Waals surface area contributed by atoms with Gasteiger partial charge in [0.15, 0.2) is 5.65 Å². The van der Waals surface area contributed by atoms with Gasteiger partial charge in [-0.15, -0.1) is 5.10 Å². The molecule has 2 heterocycles. The number of rotatable bonds is 1. The maximum Gasteiger partial charge on any atom is 0.240 e. The number of pyridine rings is 1. The van der Waals surface area contributed by atoms with Gasteiger partial charge in [0.1, 0.15) is 4.90 Å². The molecule has 0 atom stereocenters. The molecule has 14 heavy (non-hydrogen) atoms. The van der Waals surface area contributed by atoms with Gasteiger partial charge in [-0.05, 0) is 12.1 Å². The van der Waals surface area contributed by atoms with Crippen molar-refractivity contribution in [3.63, 3.8) is 0 Å². The topological polar surface area (TPSA) is 116 Å². The summed E-state index contributed by atoms with van der Waals surface area (Å²) in [7, 11) is -3.71. The normalized spacial score (nSPS) is 12.1. The molecule has 0 fully saturated rings. The lowest BCUT2D eigenvalue weighted by atomic mass is 10.5. The molecule has 0 unspecified atom stereocenters. The molecule has 0 bridgehead atoms. The van der Waals surface area contributed by atoms with Gasteiger partial charge < -0.3 is 5.73 Å². The molecule has 0 radical (unpaired) electrons. The lowest BCUT2D eigenvalue weighted by Gasteiger charge is -1.96. The van der Waals surface area contributed by atoms with Crippen molar-refractivity contribution in [1.29, 1.82) is 0 Å². The molecule has 0 saturated carbocycles. The first-order valence-corrected chi connectivity index (χ1v) is 5.16. The molecular formula is C6H7N5O2S. The molecule has 8 heteroatoms. The summed E-state index contributed by atoms with van der Waals surface area (Å²) in [6.07, 6.45) is 1.26. The third kappa shape index (κ3) is 1.40. The average Bonchev–Trinajstić information content (AvgIpc) is 2.41. The zero-order valence-corrected chi connectivity index (χ0v) is 7.77. The van der Waals surface area contributed by atoms with Crippen LogP contribution >= 0.6 is 0 Å². The fourth-order valence-corrected chi connectivity index (χ4v) is 1.55. The van der Waals surface area contributed by atoms with Crippen molar-refractivity contribution in [3.05, 3.63) is 18.3 Å². The molecule has 0 amide bonds. The zero-order chi connectivity index (χ0) is 10.3. The molecule has 4 N–H and O–H groups in total. The van der Waals surface area contributed by atoms with Gasteiger partial charge in [-0.2, -0.15) is 4.98 Å². The van der Waals surface area contributed by atoms with E-state index in [0.717, 1.165) is 0 Å². The van der Waals surface area contributed by atoms with Gasteiger partial charge in [0, 0.05) is 0 Å². The molecule has 2 aromatic rings. The SMILES string of the molecule is Nc1nc2ccc(S(N)(=O)=O)cn2n1. The Labute approximate surface area is 79.4 Å². The Morgan fingerprint density at radius 1 is 1.36 bits per heavy atom. The van der Waals surface area contributed by atoms with Gasteiger partial charge in [0.2, 0.25) is 16.0 Å². The fourth-order valence-electron chi connectivity index (χ4n) is 1.05. The van der Waals surface area contributed by atoms with Crippen molar-refractivity contribution in [3.8, 4) is 0 Å². The zero-order valence-electron chi connectivity index (χ0n) is 6.95. The molecule has 0 aliphatic rings. The number of anilines is 1. The highest BCUT2D eigenvalue weighted by Gasteiger charge is 2.09. The van der Waals surface area contributed by atoms with Crippen LogP contribution in [-0.2, 0) is 10.0 Å². The number of sulfonamides is 1. The Bertz CT molecular complexity index is 587. The summed E-state index contributed by atoms with van der Waals surface area (Å²) in [5.74, 6) is 0.0802. The minimum absolute atomic E-state index is 0.0325. The van der Waals surface area contributed by atoms with Crippen LogP contribution in [0.15, 0.2) is 23.2 Å². The lowest BCUT2D eigenvalue weighted by Crippen LogP contribution is -2.12. The van der Waals surface area contributed by atoms with E-state index in [1.807, 2.05) is 0 Å². The summed E-state index contributed by atoms with van der Waals surface area (Å²) >= 11 is 0. The molecule has 0 saturated heterocycles. The minimum atomic E-state index is -3.71. The second-order valence-corrected chi connectivity index (χ2v) is 4.24. The van der Waals surface area contributed by atoms with Crippen molar-refractivity contribution < 1.29 is 8.42 Å². The molecule has 0 spiro atoms. The predicted molar refractivity (Wildman–Crippen MR) is 48.8 cm³/mol. The first-order valence-electron chi connectivity index (χ1n) is 3.61. The Kier molecular flexibility index (Phi) is 1.69. The fraction of sp³-hybridized carbons (Fsp3) is 0. The van der Waals surface area contributed by atoms with Crippen LogP contribution in [0.1, 0.15) is 0 Å². The van der Waals surface area contributed by atoms with Gasteiger partial charge >= 0.3 is 0 Å². The third-order valence-electron chi connectivity index (χ3n) is 1.65. The van der Waals surface area contributed by atoms with Gasteiger partial charge in [0.25, 0.3) is 0 Å². The number of hydrogen-bond donors (Lipinski definition) is 2. The van der Waals surface area contributed by atoms with Crippen molar-refractivity contribution in [1.82, 2.24) is 14.6 Å². The summed E-state index contributed by atoms with van der Waals surface area (Å²) < 4.78 is 23.2. The standard InChI is InChI=1S/C6H7N5O2S/c7-6-9-5-2-1-4(14(8,12)13)3-11(5)10-6/h1-3H,(H2,7,10)(H2,8,12,13). The quantitative estimate of drug-likeness (QED) is 0.627. The van der Waals surface area contributed by atoms with E-state index < -0.39 is 10.0 Å². The second-order valence-electron chi connectivity index (χ2n) is 2.68. The summed E-state index contributed by atoms with van der Waals surface area (Å²) in [6.45, 7) is 0. The van der Waals surface area contributed by atoms with Crippen LogP contribution in [0.4, 0.5) is 5.95 Å². The monoisotopic (exact) mass is 213 g/mol. The van der Waals surface area contributed by atoms with Crippen LogP contribution in [0.5, 0.6) is 0 Å². The third-order valence-corrected chi connectivity index (χ3v) is 2.55. The number of nitrogens with two attached hydrogens (primary N) is 2. The highest BCUT2D eigenvalue weighted by molar-refractivity contribution is 7.89. The van der Waals surface area contributed by atoms with E-state index in [9.17, 15) is 8.42 Å². The highest BCUT2D eigenvalue weighted by Crippen LogP contribution is 2.08. The van der Waals surface area contributed by atoms with Crippen LogP contribution in [-0.4, -0.2) is 23.0 Å². The van der Waals surface area contributed by atoms with Crippen molar-refractivity contribution in [2.75, 3.05) is 5.73 Å². The largest absolute Gasteiger partial charge is 0.366 e. The van der Waals surface area contributed by atoms with Gasteiger partial charge in [-0.3, -0.25) is 0 Å². The Morgan fingerprint density at radius 2 is 2.07 bits per heavy atom. The molecule has 0 aliphatic carbocycles. The molecule has 7 nitrogen and oxygen atoms in total. The Morgan fingerprint density at radius 3 is 2.71 bits per heavy atom. The molecule has 2 aromatic heterocycles. The van der Waals surface area contributed by atoms with Gasteiger partial charge in [0.05, 0.1) is 6.20 Å². The molecular weight excluding hydrogens is 206 g/mol. The van der Waals surface area contributed by atoms with Crippen LogP contribution in [0.2, 0.25) is 0 Å². The first kappa shape index (κ1) is 8.91. The van der Waals surface area contributed by atoms with E-state index in [2.05, 4.69) is 10.1 Å². The van der Waals surface area contributed by atoms with E-state index in [4.69, 9.17) is 10.9 Å². The molecule has 2 rings (SSSR count). The number of primary sulfonamides is 1. The average molecular weight is 213 g/mol.